The molecule has 24 heavy (non-hydrogen) atoms. The molecule has 3 aromatic rings. The fourth-order valence-electron chi connectivity index (χ4n) is 2.34. The molecule has 0 spiro atoms. The van der Waals surface area contributed by atoms with Gasteiger partial charge in [-0.05, 0) is 24.3 Å². The first-order chi connectivity index (χ1) is 11.3. The van der Waals surface area contributed by atoms with Crippen LogP contribution in [0.4, 0.5) is 23.2 Å². The molecule has 4 nitrogen and oxygen atoms in total. The average molecular weight is 336 g/mol. The van der Waals surface area contributed by atoms with Crippen molar-refractivity contribution in [2.45, 2.75) is 6.18 Å². The van der Waals surface area contributed by atoms with Crippen molar-refractivity contribution in [1.29, 1.82) is 0 Å². The molecule has 0 aliphatic rings. The Balaban J connectivity index is 2.20. The van der Waals surface area contributed by atoms with E-state index in [-0.39, 0.29) is 22.5 Å². The van der Waals surface area contributed by atoms with Crippen molar-refractivity contribution in [1.82, 2.24) is 4.98 Å². The first kappa shape index (κ1) is 15.9. The third-order valence-electron chi connectivity index (χ3n) is 3.46. The van der Waals surface area contributed by atoms with Gasteiger partial charge in [0.25, 0.3) is 5.69 Å². The number of nitrogens with zero attached hydrogens (tertiary/aromatic N) is 2. The highest BCUT2D eigenvalue weighted by atomic mass is 19.4. The molecule has 122 valence electrons. The van der Waals surface area contributed by atoms with Crippen molar-refractivity contribution in [2.24, 2.45) is 0 Å². The van der Waals surface area contributed by atoms with E-state index >= 15 is 0 Å². The molecule has 0 unspecified atom stereocenters. The molecule has 0 amide bonds. The SMILES string of the molecule is O=[N+]([O-])c1cccc2ccc(-c3ccc(F)c(C(F)(F)F)c3)nc12. The molecule has 8 heteroatoms. The number of para-hydroxylation sites is 1. The Kier molecular flexibility index (Phi) is 3.67. The zero-order valence-corrected chi connectivity index (χ0v) is 11.8. The third kappa shape index (κ3) is 2.78. The predicted octanol–water partition coefficient (Wildman–Crippen LogP) is 4.97. The van der Waals surface area contributed by atoms with E-state index in [9.17, 15) is 27.7 Å². The molecule has 0 aliphatic heterocycles. The fourth-order valence-corrected chi connectivity index (χ4v) is 2.34. The van der Waals surface area contributed by atoms with Crippen LogP contribution in [0.25, 0.3) is 22.2 Å². The predicted molar refractivity (Wildman–Crippen MR) is 78.8 cm³/mol. The van der Waals surface area contributed by atoms with E-state index in [4.69, 9.17) is 0 Å². The third-order valence-corrected chi connectivity index (χ3v) is 3.46. The minimum absolute atomic E-state index is 0.0174. The number of non-ortho nitro benzene ring substituents is 1. The Morgan fingerprint density at radius 2 is 1.79 bits per heavy atom. The van der Waals surface area contributed by atoms with E-state index < -0.39 is 22.5 Å². The van der Waals surface area contributed by atoms with Crippen LogP contribution in [0.3, 0.4) is 0 Å². The summed E-state index contributed by atoms with van der Waals surface area (Å²) < 4.78 is 51.8. The van der Waals surface area contributed by atoms with Crippen LogP contribution < -0.4 is 0 Å². The molecule has 0 saturated heterocycles. The number of aromatic nitrogens is 1. The topological polar surface area (TPSA) is 56.0 Å². The summed E-state index contributed by atoms with van der Waals surface area (Å²) in [5.41, 5.74) is -1.51. The van der Waals surface area contributed by atoms with Crippen molar-refractivity contribution in [2.75, 3.05) is 0 Å². The number of hydrogen-bond acceptors (Lipinski definition) is 3. The van der Waals surface area contributed by atoms with Crippen LogP contribution >= 0.6 is 0 Å². The van der Waals surface area contributed by atoms with E-state index in [1.54, 1.807) is 6.07 Å². The van der Waals surface area contributed by atoms with Gasteiger partial charge in [-0.1, -0.05) is 18.2 Å². The molecule has 0 saturated carbocycles. The summed E-state index contributed by atoms with van der Waals surface area (Å²) >= 11 is 0. The highest BCUT2D eigenvalue weighted by Gasteiger charge is 2.34. The molecule has 1 heterocycles. The van der Waals surface area contributed by atoms with Crippen LogP contribution in [-0.4, -0.2) is 9.91 Å². The number of pyridine rings is 1. The molecule has 0 fully saturated rings. The van der Waals surface area contributed by atoms with Gasteiger partial charge >= 0.3 is 6.18 Å². The smallest absolute Gasteiger partial charge is 0.258 e. The summed E-state index contributed by atoms with van der Waals surface area (Å²) in [7, 11) is 0. The van der Waals surface area contributed by atoms with Gasteiger partial charge in [-0.3, -0.25) is 10.1 Å². The monoisotopic (exact) mass is 336 g/mol. The highest BCUT2D eigenvalue weighted by Crippen LogP contribution is 2.34. The summed E-state index contributed by atoms with van der Waals surface area (Å²) in [6, 6.07) is 9.77. The summed E-state index contributed by atoms with van der Waals surface area (Å²) in [5, 5.41) is 11.5. The second-order valence-corrected chi connectivity index (χ2v) is 4.99. The van der Waals surface area contributed by atoms with Gasteiger partial charge in [-0.15, -0.1) is 0 Å². The molecule has 3 rings (SSSR count). The van der Waals surface area contributed by atoms with Gasteiger partial charge in [-0.2, -0.15) is 13.2 Å². The second-order valence-electron chi connectivity index (χ2n) is 4.99. The lowest BCUT2D eigenvalue weighted by atomic mass is 10.1. The molecule has 0 aliphatic carbocycles. The Bertz CT molecular complexity index is 954. The number of fused-ring (bicyclic) bond motifs is 1. The van der Waals surface area contributed by atoms with E-state index in [1.165, 1.54) is 24.3 Å². The van der Waals surface area contributed by atoms with E-state index in [0.29, 0.717) is 17.5 Å². The quantitative estimate of drug-likeness (QED) is 0.377. The van der Waals surface area contributed by atoms with Crippen molar-refractivity contribution in [3.63, 3.8) is 0 Å². The van der Waals surface area contributed by atoms with Crippen LogP contribution in [0.2, 0.25) is 0 Å². The zero-order valence-electron chi connectivity index (χ0n) is 11.8. The van der Waals surface area contributed by atoms with Crippen molar-refractivity contribution < 1.29 is 22.5 Å². The second kappa shape index (κ2) is 5.55. The zero-order chi connectivity index (χ0) is 17.5. The fraction of sp³-hybridized carbons (Fsp3) is 0.0625. The van der Waals surface area contributed by atoms with Crippen LogP contribution in [0.15, 0.2) is 48.5 Å². The van der Waals surface area contributed by atoms with Gasteiger partial charge in [-0.25, -0.2) is 9.37 Å². The molecular weight excluding hydrogens is 328 g/mol. The molecule has 1 aromatic heterocycles. The van der Waals surface area contributed by atoms with Gasteiger partial charge in [0, 0.05) is 17.0 Å². The van der Waals surface area contributed by atoms with Crippen molar-refractivity contribution in [3.8, 4) is 11.3 Å². The molecule has 0 N–H and O–H groups in total. The van der Waals surface area contributed by atoms with Crippen molar-refractivity contribution in [3.05, 3.63) is 70.0 Å². The summed E-state index contributed by atoms with van der Waals surface area (Å²) in [6.07, 6.45) is -4.84. The van der Waals surface area contributed by atoms with Gasteiger partial charge in [0.05, 0.1) is 16.2 Å². The number of benzene rings is 2. The van der Waals surface area contributed by atoms with Crippen LogP contribution in [0.5, 0.6) is 0 Å². The van der Waals surface area contributed by atoms with Gasteiger partial charge in [0.1, 0.15) is 11.3 Å². The minimum Gasteiger partial charge on any atom is -0.258 e. The number of alkyl halides is 3. The molecule has 2 aromatic carbocycles. The Morgan fingerprint density at radius 1 is 1.04 bits per heavy atom. The lowest BCUT2D eigenvalue weighted by molar-refractivity contribution is -0.383. The lowest BCUT2D eigenvalue weighted by Gasteiger charge is -2.10. The molecular formula is C16H8F4N2O2. The van der Waals surface area contributed by atoms with Crippen LogP contribution in [-0.2, 0) is 6.18 Å². The maximum Gasteiger partial charge on any atom is 0.419 e. The Labute approximate surface area is 132 Å². The van der Waals surface area contributed by atoms with Crippen LogP contribution in [0, 0.1) is 15.9 Å². The minimum atomic E-state index is -4.84. The standard InChI is InChI=1S/C16H8F4N2O2/c17-12-6-4-10(8-11(12)16(18,19)20)13-7-5-9-2-1-3-14(22(23)24)15(9)21-13/h1-8H. The number of nitro groups is 1. The number of rotatable bonds is 2. The normalized spacial score (nSPS) is 11.7. The number of nitro benzene ring substituents is 1. The number of halogens is 4. The average Bonchev–Trinajstić information content (AvgIpc) is 2.53. The molecule has 0 bridgehead atoms. The largest absolute Gasteiger partial charge is 0.419 e. The maximum atomic E-state index is 13.4. The Morgan fingerprint density at radius 3 is 2.46 bits per heavy atom. The van der Waals surface area contributed by atoms with Gasteiger partial charge in [0.2, 0.25) is 0 Å². The van der Waals surface area contributed by atoms with Crippen molar-refractivity contribution >= 4 is 16.6 Å². The summed E-state index contributed by atoms with van der Waals surface area (Å²) in [4.78, 5) is 14.5. The van der Waals surface area contributed by atoms with Crippen LogP contribution in [0.1, 0.15) is 5.56 Å². The Hall–Kier alpha value is -3.03. The maximum absolute atomic E-state index is 13.4. The van der Waals surface area contributed by atoms with E-state index in [0.717, 1.165) is 6.07 Å². The summed E-state index contributed by atoms with van der Waals surface area (Å²) in [6.45, 7) is 0. The first-order valence-corrected chi connectivity index (χ1v) is 6.68. The van der Waals surface area contributed by atoms with E-state index in [1.807, 2.05) is 0 Å². The number of hydrogen-bond donors (Lipinski definition) is 0. The molecule has 0 radical (unpaired) electrons. The highest BCUT2D eigenvalue weighted by molar-refractivity contribution is 5.89. The van der Waals surface area contributed by atoms with Gasteiger partial charge < -0.3 is 0 Å². The lowest BCUT2D eigenvalue weighted by Crippen LogP contribution is -2.08. The summed E-state index contributed by atoms with van der Waals surface area (Å²) in [5.74, 6) is -1.39. The van der Waals surface area contributed by atoms with Gasteiger partial charge in [0.15, 0.2) is 0 Å². The molecule has 0 atom stereocenters. The first-order valence-electron chi connectivity index (χ1n) is 6.68. The van der Waals surface area contributed by atoms with E-state index in [2.05, 4.69) is 4.98 Å².